The lowest BCUT2D eigenvalue weighted by atomic mass is 10.1. The van der Waals surface area contributed by atoms with E-state index in [1.54, 1.807) is 24.0 Å². The van der Waals surface area contributed by atoms with Crippen LogP contribution in [0.1, 0.15) is 24.2 Å². The molecule has 1 fully saturated rings. The third-order valence-corrected chi connectivity index (χ3v) is 4.65. The Morgan fingerprint density at radius 2 is 2.07 bits per heavy atom. The average Bonchev–Trinajstić information content (AvgIpc) is 2.66. The zero-order valence-electron chi connectivity index (χ0n) is 15.2. The van der Waals surface area contributed by atoms with Gasteiger partial charge in [0.15, 0.2) is 0 Å². The number of alkyl halides is 3. The number of cyclic esters (lactones) is 1. The van der Waals surface area contributed by atoms with Crippen LogP contribution in [0.2, 0.25) is 5.02 Å². The van der Waals surface area contributed by atoms with Crippen molar-refractivity contribution in [2.24, 2.45) is 5.10 Å². The number of hydrogen-bond donors (Lipinski definition) is 2. The molecule has 2 aromatic carbocycles. The molecule has 0 amide bonds. The van der Waals surface area contributed by atoms with Gasteiger partial charge >= 0.3 is 12.1 Å². The van der Waals surface area contributed by atoms with Gasteiger partial charge in [-0.25, -0.2) is 4.79 Å². The number of hydrogen-bond acceptors (Lipinski definition) is 5. The van der Waals surface area contributed by atoms with Crippen molar-refractivity contribution < 1.29 is 27.8 Å². The molecular formula is C19H17ClF3N3O3. The molecule has 6 nitrogen and oxygen atoms in total. The molecule has 1 saturated heterocycles. The highest BCUT2D eigenvalue weighted by molar-refractivity contribution is 6.36. The molecule has 29 heavy (non-hydrogen) atoms. The van der Waals surface area contributed by atoms with Crippen molar-refractivity contribution in [2.75, 3.05) is 18.5 Å². The van der Waals surface area contributed by atoms with Gasteiger partial charge in [0.1, 0.15) is 11.9 Å². The molecule has 2 N–H and O–H groups in total. The van der Waals surface area contributed by atoms with Gasteiger partial charge in [-0.2, -0.15) is 13.2 Å². The van der Waals surface area contributed by atoms with E-state index in [9.17, 15) is 23.1 Å². The van der Waals surface area contributed by atoms with E-state index in [0.717, 1.165) is 18.2 Å². The highest BCUT2D eigenvalue weighted by atomic mass is 35.5. The predicted octanol–water partition coefficient (Wildman–Crippen LogP) is 4.41. The standard InChI is InChI=1S/C19H17ClF3N3O3/c1-2-26-10-16(11-4-3-5-13(27)8-11)29-18(28)17(26)25-24-15-9-12(19(21,22)23)6-7-14(15)20/h3-9,16,24,27H,2,10H2,1H3/b25-17+. The molecule has 1 unspecified atom stereocenters. The van der Waals surface area contributed by atoms with E-state index >= 15 is 0 Å². The summed E-state index contributed by atoms with van der Waals surface area (Å²) in [6.07, 6.45) is -5.16. The number of halogens is 4. The summed E-state index contributed by atoms with van der Waals surface area (Å²) < 4.78 is 44.1. The zero-order valence-corrected chi connectivity index (χ0v) is 16.0. The largest absolute Gasteiger partial charge is 0.508 e. The summed E-state index contributed by atoms with van der Waals surface area (Å²) >= 11 is 5.94. The van der Waals surface area contributed by atoms with Gasteiger partial charge in [0.05, 0.1) is 22.8 Å². The van der Waals surface area contributed by atoms with Gasteiger partial charge in [0.2, 0.25) is 5.84 Å². The highest BCUT2D eigenvalue weighted by Crippen LogP contribution is 2.34. The first kappa shape index (κ1) is 20.8. The van der Waals surface area contributed by atoms with E-state index in [1.807, 2.05) is 0 Å². The Morgan fingerprint density at radius 3 is 2.72 bits per heavy atom. The van der Waals surface area contributed by atoms with Crippen molar-refractivity contribution in [3.63, 3.8) is 0 Å². The predicted molar refractivity (Wildman–Crippen MR) is 102 cm³/mol. The Morgan fingerprint density at radius 1 is 1.31 bits per heavy atom. The number of nitrogens with zero attached hydrogens (tertiary/aromatic N) is 2. The summed E-state index contributed by atoms with van der Waals surface area (Å²) in [5, 5.41) is 13.6. The molecule has 154 valence electrons. The van der Waals surface area contributed by atoms with Crippen LogP contribution in [0.5, 0.6) is 5.75 Å². The smallest absolute Gasteiger partial charge is 0.416 e. The molecule has 1 atom stereocenters. The molecule has 0 radical (unpaired) electrons. The first-order valence-corrected chi connectivity index (χ1v) is 9.02. The van der Waals surface area contributed by atoms with Crippen LogP contribution in [0.4, 0.5) is 18.9 Å². The summed E-state index contributed by atoms with van der Waals surface area (Å²) in [7, 11) is 0. The molecule has 1 aliphatic rings. The van der Waals surface area contributed by atoms with Crippen molar-refractivity contribution in [3.8, 4) is 5.75 Å². The van der Waals surface area contributed by atoms with Gasteiger partial charge in [-0.05, 0) is 42.8 Å². The number of benzene rings is 2. The Balaban J connectivity index is 1.82. The number of rotatable bonds is 4. The van der Waals surface area contributed by atoms with Gasteiger partial charge < -0.3 is 14.7 Å². The number of carbonyl (C=O) groups is 1. The zero-order chi connectivity index (χ0) is 21.2. The molecule has 1 aliphatic heterocycles. The molecule has 0 spiro atoms. The number of aromatic hydroxyl groups is 1. The lowest BCUT2D eigenvalue weighted by Gasteiger charge is -2.33. The molecular weight excluding hydrogens is 411 g/mol. The van der Waals surface area contributed by atoms with Crippen LogP contribution in [-0.4, -0.2) is 34.9 Å². The number of phenolic OH excluding ortho intramolecular Hbond substituents is 1. The lowest BCUT2D eigenvalue weighted by molar-refractivity contribution is -0.146. The number of phenols is 1. The Hall–Kier alpha value is -2.94. The molecule has 10 heteroatoms. The van der Waals surface area contributed by atoms with Gasteiger partial charge in [-0.3, -0.25) is 5.43 Å². The maximum absolute atomic E-state index is 12.9. The summed E-state index contributed by atoms with van der Waals surface area (Å²) in [6.45, 7) is 2.47. The second-order valence-corrected chi connectivity index (χ2v) is 6.67. The maximum atomic E-state index is 12.9. The van der Waals surface area contributed by atoms with E-state index in [0.29, 0.717) is 12.1 Å². The third kappa shape index (κ3) is 4.73. The van der Waals surface area contributed by atoms with E-state index < -0.39 is 23.8 Å². The molecule has 3 rings (SSSR count). The molecule has 0 aromatic heterocycles. The Labute approximate surface area is 169 Å². The maximum Gasteiger partial charge on any atom is 0.416 e. The summed E-state index contributed by atoms with van der Waals surface area (Å²) in [6, 6.07) is 9.11. The Kier molecular flexibility index (Phi) is 5.88. The number of esters is 1. The van der Waals surface area contributed by atoms with Crippen molar-refractivity contribution in [1.29, 1.82) is 0 Å². The summed E-state index contributed by atoms with van der Waals surface area (Å²) in [5.41, 5.74) is 2.06. The minimum absolute atomic E-state index is 0.0206. The van der Waals surface area contributed by atoms with Crippen LogP contribution in [0.25, 0.3) is 0 Å². The minimum atomic E-state index is -4.54. The number of nitrogens with one attached hydrogen (secondary N) is 1. The first-order valence-electron chi connectivity index (χ1n) is 8.64. The van der Waals surface area contributed by atoms with Crippen LogP contribution in [0.3, 0.4) is 0 Å². The van der Waals surface area contributed by atoms with Gasteiger partial charge in [0.25, 0.3) is 0 Å². The van der Waals surface area contributed by atoms with E-state index in [2.05, 4.69) is 10.5 Å². The van der Waals surface area contributed by atoms with Gasteiger partial charge in [-0.15, -0.1) is 5.10 Å². The Bertz CT molecular complexity index is 950. The minimum Gasteiger partial charge on any atom is -0.508 e. The number of hydrazone groups is 1. The fraction of sp³-hybridized carbons (Fsp3) is 0.263. The lowest BCUT2D eigenvalue weighted by Crippen LogP contribution is -2.46. The van der Waals surface area contributed by atoms with Crippen molar-refractivity contribution in [1.82, 2.24) is 4.90 Å². The van der Waals surface area contributed by atoms with Crippen LogP contribution < -0.4 is 5.43 Å². The van der Waals surface area contributed by atoms with E-state index in [4.69, 9.17) is 16.3 Å². The van der Waals surface area contributed by atoms with Crippen molar-refractivity contribution in [2.45, 2.75) is 19.2 Å². The molecule has 0 saturated carbocycles. The van der Waals surface area contributed by atoms with E-state index in [1.165, 1.54) is 12.1 Å². The molecule has 2 aromatic rings. The normalized spacial score (nSPS) is 18.7. The SMILES string of the molecule is CCN1CC(c2cccc(O)c2)OC(=O)/C1=N\Nc1cc(C(F)(F)F)ccc1Cl. The number of anilines is 1. The van der Waals surface area contributed by atoms with Crippen LogP contribution >= 0.6 is 11.6 Å². The van der Waals surface area contributed by atoms with Crippen molar-refractivity contribution in [3.05, 3.63) is 58.6 Å². The van der Waals surface area contributed by atoms with Crippen LogP contribution in [0, 0.1) is 0 Å². The number of morpholine rings is 1. The van der Waals surface area contributed by atoms with Crippen LogP contribution in [-0.2, 0) is 15.7 Å². The number of likely N-dealkylation sites (N-methyl/N-ethyl adjacent to an activating group) is 1. The van der Waals surface area contributed by atoms with E-state index in [-0.39, 0.29) is 28.8 Å². The number of amidine groups is 1. The number of carbonyl (C=O) groups excluding carboxylic acids is 1. The third-order valence-electron chi connectivity index (χ3n) is 4.32. The van der Waals surface area contributed by atoms with Crippen molar-refractivity contribution >= 4 is 29.1 Å². The number of ether oxygens (including phenoxy) is 1. The van der Waals surface area contributed by atoms with Gasteiger partial charge in [-0.1, -0.05) is 23.7 Å². The molecule has 1 heterocycles. The summed E-state index contributed by atoms with van der Waals surface area (Å²) in [5.74, 6) is -0.790. The summed E-state index contributed by atoms with van der Waals surface area (Å²) in [4.78, 5) is 14.1. The quantitative estimate of drug-likeness (QED) is 0.558. The van der Waals surface area contributed by atoms with Gasteiger partial charge in [0, 0.05) is 6.54 Å². The van der Waals surface area contributed by atoms with Crippen LogP contribution in [0.15, 0.2) is 47.6 Å². The first-order chi connectivity index (χ1) is 13.7. The fourth-order valence-electron chi connectivity index (χ4n) is 2.83. The second-order valence-electron chi connectivity index (χ2n) is 6.27. The fourth-order valence-corrected chi connectivity index (χ4v) is 2.99. The second kappa shape index (κ2) is 8.20. The average molecular weight is 428 g/mol. The monoisotopic (exact) mass is 427 g/mol. The topological polar surface area (TPSA) is 74.2 Å². The molecule has 0 bridgehead atoms. The molecule has 0 aliphatic carbocycles. The highest BCUT2D eigenvalue weighted by Gasteiger charge is 2.34.